The van der Waals surface area contributed by atoms with E-state index in [1.54, 1.807) is 0 Å². The standard InChI is InChI=1S/C12H13N5O2/c18-12(19)10-5-15-11(6-13-10)14-4-8-3-9(17-16-8)7-1-2-7/h3,5-7H,1-2,4H2,(H,14,15)(H,16,17)(H,18,19). The van der Waals surface area contributed by atoms with Crippen molar-refractivity contribution in [3.63, 3.8) is 0 Å². The van der Waals surface area contributed by atoms with Crippen molar-refractivity contribution in [3.05, 3.63) is 35.5 Å². The quantitative estimate of drug-likeness (QED) is 0.749. The lowest BCUT2D eigenvalue weighted by Gasteiger charge is -2.02. The molecule has 2 aromatic rings. The summed E-state index contributed by atoms with van der Waals surface area (Å²) in [7, 11) is 0. The normalized spacial score (nSPS) is 14.3. The molecule has 2 aromatic heterocycles. The highest BCUT2D eigenvalue weighted by atomic mass is 16.4. The van der Waals surface area contributed by atoms with Crippen LogP contribution in [0.2, 0.25) is 0 Å². The Morgan fingerprint density at radius 1 is 1.42 bits per heavy atom. The number of nitrogens with zero attached hydrogens (tertiary/aromatic N) is 3. The molecule has 1 aliphatic carbocycles. The van der Waals surface area contributed by atoms with Gasteiger partial charge in [0, 0.05) is 5.92 Å². The minimum absolute atomic E-state index is 0.0666. The van der Waals surface area contributed by atoms with Crippen molar-refractivity contribution < 1.29 is 9.90 Å². The lowest BCUT2D eigenvalue weighted by molar-refractivity contribution is 0.0690. The molecule has 2 heterocycles. The Morgan fingerprint density at radius 2 is 2.26 bits per heavy atom. The Balaban J connectivity index is 1.59. The molecule has 0 atom stereocenters. The van der Waals surface area contributed by atoms with Crippen molar-refractivity contribution in [1.29, 1.82) is 0 Å². The van der Waals surface area contributed by atoms with E-state index in [4.69, 9.17) is 5.11 Å². The number of H-pyrrole nitrogens is 1. The van der Waals surface area contributed by atoms with Crippen LogP contribution in [0.25, 0.3) is 0 Å². The SMILES string of the molecule is O=C(O)c1cnc(NCc2cc(C3CC3)n[nH]2)cn1. The van der Waals surface area contributed by atoms with Gasteiger partial charge in [-0.25, -0.2) is 14.8 Å². The molecular formula is C12H13N5O2. The summed E-state index contributed by atoms with van der Waals surface area (Å²) in [5.74, 6) is 0.0777. The van der Waals surface area contributed by atoms with Gasteiger partial charge in [-0.2, -0.15) is 5.10 Å². The molecule has 3 rings (SSSR count). The summed E-state index contributed by atoms with van der Waals surface area (Å²) in [6, 6.07) is 2.05. The number of anilines is 1. The Labute approximate surface area is 109 Å². The molecule has 1 saturated carbocycles. The number of aromatic nitrogens is 4. The van der Waals surface area contributed by atoms with Gasteiger partial charge in [-0.3, -0.25) is 5.10 Å². The maximum Gasteiger partial charge on any atom is 0.356 e. The zero-order chi connectivity index (χ0) is 13.2. The van der Waals surface area contributed by atoms with Gasteiger partial charge >= 0.3 is 5.97 Å². The number of nitrogens with one attached hydrogen (secondary N) is 2. The molecule has 0 aliphatic heterocycles. The highest BCUT2D eigenvalue weighted by molar-refractivity contribution is 5.84. The highest BCUT2D eigenvalue weighted by Crippen LogP contribution is 2.38. The molecule has 1 aliphatic rings. The van der Waals surface area contributed by atoms with E-state index in [1.807, 2.05) is 6.07 Å². The van der Waals surface area contributed by atoms with Crippen LogP contribution in [0, 0.1) is 0 Å². The van der Waals surface area contributed by atoms with Crippen molar-refractivity contribution in [3.8, 4) is 0 Å². The smallest absolute Gasteiger partial charge is 0.356 e. The van der Waals surface area contributed by atoms with Gasteiger partial charge in [0.05, 0.1) is 30.3 Å². The molecule has 0 amide bonds. The molecule has 0 unspecified atom stereocenters. The molecular weight excluding hydrogens is 246 g/mol. The van der Waals surface area contributed by atoms with Crippen molar-refractivity contribution in [1.82, 2.24) is 20.2 Å². The summed E-state index contributed by atoms with van der Waals surface area (Å²) in [6.45, 7) is 0.556. The van der Waals surface area contributed by atoms with E-state index < -0.39 is 5.97 Å². The van der Waals surface area contributed by atoms with Crippen molar-refractivity contribution >= 4 is 11.8 Å². The molecule has 98 valence electrons. The van der Waals surface area contributed by atoms with Crippen LogP contribution in [0.3, 0.4) is 0 Å². The molecule has 19 heavy (non-hydrogen) atoms. The number of hydrogen-bond donors (Lipinski definition) is 3. The van der Waals surface area contributed by atoms with E-state index in [0.717, 1.165) is 11.4 Å². The summed E-state index contributed by atoms with van der Waals surface area (Å²) in [5, 5.41) is 19.0. The van der Waals surface area contributed by atoms with Crippen LogP contribution < -0.4 is 5.32 Å². The molecule has 0 saturated heterocycles. The number of hydrogen-bond acceptors (Lipinski definition) is 5. The monoisotopic (exact) mass is 259 g/mol. The number of rotatable bonds is 5. The van der Waals surface area contributed by atoms with Crippen LogP contribution in [0.5, 0.6) is 0 Å². The molecule has 7 nitrogen and oxygen atoms in total. The fourth-order valence-corrected chi connectivity index (χ4v) is 1.77. The van der Waals surface area contributed by atoms with Crippen LogP contribution in [0.1, 0.15) is 40.6 Å². The maximum atomic E-state index is 10.6. The summed E-state index contributed by atoms with van der Waals surface area (Å²) in [4.78, 5) is 18.4. The van der Waals surface area contributed by atoms with Crippen LogP contribution in [-0.4, -0.2) is 31.2 Å². The van der Waals surface area contributed by atoms with E-state index in [0.29, 0.717) is 18.3 Å². The fraction of sp³-hybridized carbons (Fsp3) is 0.333. The first-order valence-electron chi connectivity index (χ1n) is 6.06. The van der Waals surface area contributed by atoms with Crippen LogP contribution in [0.15, 0.2) is 18.5 Å². The van der Waals surface area contributed by atoms with E-state index in [-0.39, 0.29) is 5.69 Å². The van der Waals surface area contributed by atoms with E-state index in [2.05, 4.69) is 25.5 Å². The van der Waals surface area contributed by atoms with E-state index in [9.17, 15) is 4.79 Å². The summed E-state index contributed by atoms with van der Waals surface area (Å²) in [6.07, 6.45) is 5.08. The highest BCUT2D eigenvalue weighted by Gasteiger charge is 2.25. The number of aromatic amines is 1. The lowest BCUT2D eigenvalue weighted by atomic mass is 10.2. The van der Waals surface area contributed by atoms with Gasteiger partial charge in [0.1, 0.15) is 5.82 Å². The zero-order valence-corrected chi connectivity index (χ0v) is 10.1. The van der Waals surface area contributed by atoms with Crippen LogP contribution in [-0.2, 0) is 6.54 Å². The Kier molecular flexibility index (Phi) is 2.86. The number of aromatic carboxylic acids is 1. The second kappa shape index (κ2) is 4.68. The Hall–Kier alpha value is -2.44. The Morgan fingerprint density at radius 3 is 2.89 bits per heavy atom. The molecule has 0 aromatic carbocycles. The number of carboxylic acids is 1. The first kappa shape index (κ1) is 11.6. The van der Waals surface area contributed by atoms with Gasteiger partial charge in [0.15, 0.2) is 5.69 Å². The molecule has 0 spiro atoms. The first-order valence-corrected chi connectivity index (χ1v) is 6.06. The van der Waals surface area contributed by atoms with Gasteiger partial charge in [0.25, 0.3) is 0 Å². The third-order valence-corrected chi connectivity index (χ3v) is 2.98. The van der Waals surface area contributed by atoms with Crippen LogP contribution >= 0.6 is 0 Å². The van der Waals surface area contributed by atoms with Gasteiger partial charge in [-0.15, -0.1) is 0 Å². The second-order valence-electron chi connectivity index (χ2n) is 4.54. The predicted octanol–water partition coefficient (Wildman–Crippen LogP) is 1.39. The third-order valence-electron chi connectivity index (χ3n) is 2.98. The fourth-order valence-electron chi connectivity index (χ4n) is 1.77. The summed E-state index contributed by atoms with van der Waals surface area (Å²) >= 11 is 0. The predicted molar refractivity (Wildman–Crippen MR) is 66.9 cm³/mol. The zero-order valence-electron chi connectivity index (χ0n) is 10.1. The molecule has 1 fully saturated rings. The minimum atomic E-state index is -1.08. The topological polar surface area (TPSA) is 104 Å². The summed E-state index contributed by atoms with van der Waals surface area (Å²) < 4.78 is 0. The molecule has 7 heteroatoms. The average molecular weight is 259 g/mol. The summed E-state index contributed by atoms with van der Waals surface area (Å²) in [5.41, 5.74) is 2.03. The van der Waals surface area contributed by atoms with E-state index >= 15 is 0 Å². The van der Waals surface area contributed by atoms with Crippen LogP contribution in [0.4, 0.5) is 5.82 Å². The number of carbonyl (C=O) groups is 1. The van der Waals surface area contributed by atoms with Gasteiger partial charge in [-0.05, 0) is 18.9 Å². The molecule has 3 N–H and O–H groups in total. The minimum Gasteiger partial charge on any atom is -0.476 e. The third kappa shape index (κ3) is 2.70. The van der Waals surface area contributed by atoms with E-state index in [1.165, 1.54) is 25.2 Å². The van der Waals surface area contributed by atoms with Gasteiger partial charge in [-0.1, -0.05) is 0 Å². The molecule has 0 bridgehead atoms. The van der Waals surface area contributed by atoms with Crippen molar-refractivity contribution in [2.24, 2.45) is 0 Å². The number of carboxylic acid groups (broad SMARTS) is 1. The average Bonchev–Trinajstić information content (AvgIpc) is 3.16. The second-order valence-corrected chi connectivity index (χ2v) is 4.54. The first-order chi connectivity index (χ1) is 9.22. The van der Waals surface area contributed by atoms with Gasteiger partial charge < -0.3 is 10.4 Å². The molecule has 0 radical (unpaired) electrons. The Bertz CT molecular complexity index is 588. The van der Waals surface area contributed by atoms with Gasteiger partial charge in [0.2, 0.25) is 0 Å². The maximum absolute atomic E-state index is 10.6. The lowest BCUT2D eigenvalue weighted by Crippen LogP contribution is -2.05. The van der Waals surface area contributed by atoms with Crippen molar-refractivity contribution in [2.45, 2.75) is 25.3 Å². The van der Waals surface area contributed by atoms with Crippen molar-refractivity contribution in [2.75, 3.05) is 5.32 Å². The largest absolute Gasteiger partial charge is 0.476 e.